The fourth-order valence-corrected chi connectivity index (χ4v) is 2.04. The molecule has 0 bridgehead atoms. The van der Waals surface area contributed by atoms with Gasteiger partial charge in [0.05, 0.1) is 11.6 Å². The first-order valence-corrected chi connectivity index (χ1v) is 6.49. The Bertz CT molecular complexity index is 329. The second-order valence-electron chi connectivity index (χ2n) is 5.01. The largest absolute Gasteiger partial charge is 0.374 e. The van der Waals surface area contributed by atoms with Crippen LogP contribution in [0.5, 0.6) is 0 Å². The van der Waals surface area contributed by atoms with Gasteiger partial charge in [-0.1, -0.05) is 37.6 Å². The Morgan fingerprint density at radius 3 is 2.24 bits per heavy atom. The van der Waals surface area contributed by atoms with E-state index in [1.54, 1.807) is 0 Å². The topological polar surface area (TPSA) is 35.2 Å². The lowest BCUT2D eigenvalue weighted by Gasteiger charge is -2.31. The summed E-state index contributed by atoms with van der Waals surface area (Å²) in [6, 6.07) is 8.49. The van der Waals surface area contributed by atoms with Crippen LogP contribution in [-0.4, -0.2) is 12.2 Å². The summed E-state index contributed by atoms with van der Waals surface area (Å²) >= 11 is 0. The number of hydrogen-bond donors (Lipinski definition) is 1. The van der Waals surface area contributed by atoms with Crippen molar-refractivity contribution in [3.8, 4) is 0 Å². The molecule has 0 heterocycles. The second-order valence-corrected chi connectivity index (χ2v) is 5.01. The van der Waals surface area contributed by atoms with Crippen molar-refractivity contribution in [3.63, 3.8) is 0 Å². The molecule has 0 aliphatic carbocycles. The maximum atomic E-state index is 6.26. The molecule has 1 unspecified atom stereocenters. The molecule has 0 aliphatic rings. The average Bonchev–Trinajstić information content (AvgIpc) is 2.29. The van der Waals surface area contributed by atoms with E-state index in [9.17, 15) is 0 Å². The van der Waals surface area contributed by atoms with E-state index in [-0.39, 0.29) is 11.6 Å². The molecule has 1 rings (SSSR count). The highest BCUT2D eigenvalue weighted by Gasteiger charge is 2.27. The molecule has 0 radical (unpaired) electrons. The van der Waals surface area contributed by atoms with Crippen molar-refractivity contribution in [1.29, 1.82) is 0 Å². The molecule has 2 nitrogen and oxygen atoms in total. The Balaban J connectivity index is 2.78. The van der Waals surface area contributed by atoms with E-state index in [1.165, 1.54) is 12.0 Å². The van der Waals surface area contributed by atoms with Crippen molar-refractivity contribution >= 4 is 0 Å². The molecule has 1 aromatic rings. The molecule has 0 amide bonds. The fourth-order valence-electron chi connectivity index (χ4n) is 2.04. The Kier molecular flexibility index (Phi) is 5.16. The zero-order valence-electron chi connectivity index (χ0n) is 11.5. The summed E-state index contributed by atoms with van der Waals surface area (Å²) in [5.41, 5.74) is 8.45. The number of hydrogen-bond acceptors (Lipinski definition) is 2. The predicted molar refractivity (Wildman–Crippen MR) is 73.1 cm³/mol. The van der Waals surface area contributed by atoms with Gasteiger partial charge in [0.1, 0.15) is 0 Å². The van der Waals surface area contributed by atoms with Gasteiger partial charge < -0.3 is 10.5 Å². The second kappa shape index (κ2) is 6.18. The molecular formula is C15H25NO. The van der Waals surface area contributed by atoms with Crippen LogP contribution in [0, 0.1) is 0 Å². The summed E-state index contributed by atoms with van der Waals surface area (Å²) in [6.45, 7) is 8.97. The zero-order valence-corrected chi connectivity index (χ0v) is 11.5. The van der Waals surface area contributed by atoms with E-state index < -0.39 is 0 Å². The summed E-state index contributed by atoms with van der Waals surface area (Å²) < 4.78 is 5.70. The van der Waals surface area contributed by atoms with Crippen LogP contribution in [0.3, 0.4) is 0 Å². The Morgan fingerprint density at radius 1 is 1.18 bits per heavy atom. The molecule has 0 aliphatic heterocycles. The maximum absolute atomic E-state index is 6.26. The first kappa shape index (κ1) is 14.2. The van der Waals surface area contributed by atoms with Gasteiger partial charge in [0, 0.05) is 6.61 Å². The van der Waals surface area contributed by atoms with Crippen LogP contribution in [0.2, 0.25) is 0 Å². The van der Waals surface area contributed by atoms with Gasteiger partial charge >= 0.3 is 0 Å². The number of aryl methyl sites for hydroxylation is 1. The van der Waals surface area contributed by atoms with E-state index in [0.717, 1.165) is 12.0 Å². The molecule has 96 valence electrons. The lowest BCUT2D eigenvalue weighted by Crippen LogP contribution is -2.38. The molecule has 17 heavy (non-hydrogen) atoms. The first-order valence-electron chi connectivity index (χ1n) is 6.49. The van der Waals surface area contributed by atoms with E-state index in [0.29, 0.717) is 6.61 Å². The molecular weight excluding hydrogens is 210 g/mol. The van der Waals surface area contributed by atoms with Crippen molar-refractivity contribution < 1.29 is 4.74 Å². The minimum atomic E-state index is -0.318. The van der Waals surface area contributed by atoms with Gasteiger partial charge in [-0.3, -0.25) is 0 Å². The SMILES string of the molecule is CCCc1ccc(C(N)C(C)(C)OCC)cc1. The normalized spacial score (nSPS) is 13.7. The molecule has 2 heteroatoms. The molecule has 0 saturated heterocycles. The Morgan fingerprint density at radius 2 is 1.76 bits per heavy atom. The van der Waals surface area contributed by atoms with Crippen LogP contribution >= 0.6 is 0 Å². The van der Waals surface area contributed by atoms with Crippen molar-refractivity contribution in [3.05, 3.63) is 35.4 Å². The first-order chi connectivity index (χ1) is 8.01. The fraction of sp³-hybridized carbons (Fsp3) is 0.600. The summed E-state index contributed by atoms with van der Waals surface area (Å²) in [7, 11) is 0. The third kappa shape index (κ3) is 3.83. The average molecular weight is 235 g/mol. The van der Waals surface area contributed by atoms with Gasteiger partial charge in [0.25, 0.3) is 0 Å². The van der Waals surface area contributed by atoms with Crippen LogP contribution in [0.25, 0.3) is 0 Å². The molecule has 1 atom stereocenters. The minimum Gasteiger partial charge on any atom is -0.374 e. The minimum absolute atomic E-state index is 0.0851. The van der Waals surface area contributed by atoms with Crippen LogP contribution < -0.4 is 5.73 Å². The quantitative estimate of drug-likeness (QED) is 0.819. The van der Waals surface area contributed by atoms with E-state index in [2.05, 4.69) is 31.2 Å². The van der Waals surface area contributed by atoms with Crippen molar-refractivity contribution in [2.45, 2.75) is 52.2 Å². The molecule has 2 N–H and O–H groups in total. The van der Waals surface area contributed by atoms with Crippen molar-refractivity contribution in [2.75, 3.05) is 6.61 Å². The molecule has 0 saturated carbocycles. The summed E-state index contributed by atoms with van der Waals surface area (Å²) in [5, 5.41) is 0. The Hall–Kier alpha value is -0.860. The monoisotopic (exact) mass is 235 g/mol. The smallest absolute Gasteiger partial charge is 0.0818 e. The third-order valence-electron chi connectivity index (χ3n) is 3.14. The van der Waals surface area contributed by atoms with Gasteiger partial charge in [-0.2, -0.15) is 0 Å². The van der Waals surface area contributed by atoms with Crippen LogP contribution in [0.15, 0.2) is 24.3 Å². The zero-order chi connectivity index (χ0) is 12.9. The van der Waals surface area contributed by atoms with E-state index >= 15 is 0 Å². The molecule has 1 aromatic carbocycles. The predicted octanol–water partition coefficient (Wildman–Crippen LogP) is 3.45. The van der Waals surface area contributed by atoms with E-state index in [1.807, 2.05) is 20.8 Å². The van der Waals surface area contributed by atoms with E-state index in [4.69, 9.17) is 10.5 Å². The standard InChI is InChI=1S/C15H25NO/c1-5-7-12-8-10-13(11-9-12)14(16)15(3,4)17-6-2/h8-11,14H,5-7,16H2,1-4H3. The lowest BCUT2D eigenvalue weighted by atomic mass is 9.91. The highest BCUT2D eigenvalue weighted by atomic mass is 16.5. The molecule has 0 fully saturated rings. The number of nitrogens with two attached hydrogens (primary N) is 1. The van der Waals surface area contributed by atoms with Crippen LogP contribution in [-0.2, 0) is 11.2 Å². The molecule has 0 aromatic heterocycles. The highest BCUT2D eigenvalue weighted by molar-refractivity contribution is 5.26. The number of ether oxygens (including phenoxy) is 1. The highest BCUT2D eigenvalue weighted by Crippen LogP contribution is 2.26. The van der Waals surface area contributed by atoms with Gasteiger partial charge in [0.2, 0.25) is 0 Å². The summed E-state index contributed by atoms with van der Waals surface area (Å²) in [5.74, 6) is 0. The van der Waals surface area contributed by atoms with Gasteiger partial charge in [-0.25, -0.2) is 0 Å². The van der Waals surface area contributed by atoms with Crippen molar-refractivity contribution in [2.24, 2.45) is 5.73 Å². The van der Waals surface area contributed by atoms with Crippen molar-refractivity contribution in [1.82, 2.24) is 0 Å². The summed E-state index contributed by atoms with van der Waals surface area (Å²) in [6.07, 6.45) is 2.31. The molecule has 0 spiro atoms. The van der Waals surface area contributed by atoms with Crippen LogP contribution in [0.1, 0.15) is 51.3 Å². The third-order valence-corrected chi connectivity index (χ3v) is 3.14. The number of rotatable bonds is 6. The lowest BCUT2D eigenvalue weighted by molar-refractivity contribution is -0.0298. The summed E-state index contributed by atoms with van der Waals surface area (Å²) in [4.78, 5) is 0. The van der Waals surface area contributed by atoms with Gasteiger partial charge in [-0.05, 0) is 38.3 Å². The van der Waals surface area contributed by atoms with Gasteiger partial charge in [-0.15, -0.1) is 0 Å². The van der Waals surface area contributed by atoms with Gasteiger partial charge in [0.15, 0.2) is 0 Å². The maximum Gasteiger partial charge on any atom is 0.0818 e. The Labute approximate surface area is 105 Å². The number of benzene rings is 1. The van der Waals surface area contributed by atoms with Crippen LogP contribution in [0.4, 0.5) is 0 Å².